The molecule has 176 valence electrons. The highest BCUT2D eigenvalue weighted by molar-refractivity contribution is 6.46. The molecular formula is C27H34N2O4. The van der Waals surface area contributed by atoms with Crippen molar-refractivity contribution in [1.82, 2.24) is 9.80 Å². The monoisotopic (exact) mass is 450 g/mol. The van der Waals surface area contributed by atoms with E-state index in [9.17, 15) is 14.7 Å². The molecule has 1 aliphatic heterocycles. The van der Waals surface area contributed by atoms with Gasteiger partial charge in [0.15, 0.2) is 0 Å². The largest absolute Gasteiger partial charge is 0.507 e. The molecule has 6 nitrogen and oxygen atoms in total. The number of hydrogen-bond donors (Lipinski definition) is 1. The molecule has 0 bridgehead atoms. The van der Waals surface area contributed by atoms with Crippen LogP contribution < -0.4 is 4.74 Å². The molecule has 0 radical (unpaired) electrons. The number of hydrogen-bond acceptors (Lipinski definition) is 5. The quantitative estimate of drug-likeness (QED) is 0.234. The number of aliphatic hydroxyl groups is 1. The number of benzene rings is 2. The van der Waals surface area contributed by atoms with Crippen LogP contribution in [0.1, 0.15) is 50.8 Å². The Morgan fingerprint density at radius 2 is 1.67 bits per heavy atom. The summed E-state index contributed by atoms with van der Waals surface area (Å²) in [6.07, 6.45) is 2.03. The van der Waals surface area contributed by atoms with E-state index in [1.54, 1.807) is 29.2 Å². The molecule has 6 heteroatoms. The summed E-state index contributed by atoms with van der Waals surface area (Å²) < 4.78 is 5.77. The maximum Gasteiger partial charge on any atom is 0.295 e. The number of rotatable bonds is 11. The van der Waals surface area contributed by atoms with Gasteiger partial charge in [-0.05, 0) is 37.2 Å². The van der Waals surface area contributed by atoms with Crippen molar-refractivity contribution in [3.05, 3.63) is 71.3 Å². The molecule has 1 atom stereocenters. The van der Waals surface area contributed by atoms with Gasteiger partial charge in [0.05, 0.1) is 18.2 Å². The van der Waals surface area contributed by atoms with E-state index in [1.807, 2.05) is 30.3 Å². The van der Waals surface area contributed by atoms with Crippen LogP contribution in [0.4, 0.5) is 0 Å². The predicted octanol–water partition coefficient (Wildman–Crippen LogP) is 4.63. The zero-order valence-corrected chi connectivity index (χ0v) is 19.8. The molecule has 1 unspecified atom stereocenters. The molecule has 3 rings (SSSR count). The zero-order valence-electron chi connectivity index (χ0n) is 19.8. The topological polar surface area (TPSA) is 70.1 Å². The first kappa shape index (κ1) is 24.5. The fourth-order valence-electron chi connectivity index (χ4n) is 4.08. The van der Waals surface area contributed by atoms with Crippen molar-refractivity contribution < 1.29 is 19.4 Å². The number of likely N-dealkylation sites (tertiary alicyclic amines) is 1. The van der Waals surface area contributed by atoms with Crippen LogP contribution in [0.3, 0.4) is 0 Å². The fraction of sp³-hybridized carbons (Fsp3) is 0.407. The van der Waals surface area contributed by atoms with E-state index in [0.29, 0.717) is 25.3 Å². The van der Waals surface area contributed by atoms with Crippen molar-refractivity contribution in [3.63, 3.8) is 0 Å². The van der Waals surface area contributed by atoms with E-state index < -0.39 is 17.7 Å². The van der Waals surface area contributed by atoms with Crippen molar-refractivity contribution in [2.75, 3.05) is 32.8 Å². The van der Waals surface area contributed by atoms with Crippen LogP contribution in [0.5, 0.6) is 5.75 Å². The van der Waals surface area contributed by atoms with Crippen molar-refractivity contribution in [1.29, 1.82) is 0 Å². The van der Waals surface area contributed by atoms with Gasteiger partial charge in [0.2, 0.25) is 0 Å². The summed E-state index contributed by atoms with van der Waals surface area (Å²) in [5, 5.41) is 11.1. The Kier molecular flexibility index (Phi) is 8.66. The minimum Gasteiger partial charge on any atom is -0.507 e. The molecule has 0 spiro atoms. The standard InChI is InChI=1S/C27H34N2O4/c1-4-7-19-33-22-15-13-20(14-16-22)24-23(25(30)21-11-9-8-10-12-21)26(31)27(32)29(24)18-17-28(5-2)6-3/h8-16,24,30H,4-7,17-19H2,1-3H3. The van der Waals surface area contributed by atoms with Crippen LogP contribution in [0, 0.1) is 0 Å². The Hall–Kier alpha value is -3.12. The minimum atomic E-state index is -0.649. The highest BCUT2D eigenvalue weighted by Crippen LogP contribution is 2.39. The summed E-state index contributed by atoms with van der Waals surface area (Å²) in [5.74, 6) is -0.625. The first-order valence-electron chi connectivity index (χ1n) is 11.8. The number of ketones is 1. The zero-order chi connectivity index (χ0) is 23.8. The average Bonchev–Trinajstić information content (AvgIpc) is 3.10. The molecular weight excluding hydrogens is 416 g/mol. The Labute approximate surface area is 196 Å². The Bertz CT molecular complexity index is 965. The third kappa shape index (κ3) is 5.63. The van der Waals surface area contributed by atoms with Crippen molar-refractivity contribution in [2.45, 2.75) is 39.7 Å². The number of likely N-dealkylation sites (N-methyl/N-ethyl adjacent to an activating group) is 1. The normalized spacial score (nSPS) is 17.7. The maximum atomic E-state index is 13.1. The SMILES string of the molecule is CCCCOc1ccc(C2C(=C(O)c3ccccc3)C(=O)C(=O)N2CCN(CC)CC)cc1. The number of carbonyl (C=O) groups is 2. The molecule has 1 heterocycles. The van der Waals surface area contributed by atoms with Crippen molar-refractivity contribution in [2.24, 2.45) is 0 Å². The molecule has 1 fully saturated rings. The van der Waals surface area contributed by atoms with E-state index in [1.165, 1.54) is 0 Å². The van der Waals surface area contributed by atoms with Crippen molar-refractivity contribution >= 4 is 17.4 Å². The Morgan fingerprint density at radius 1 is 1.00 bits per heavy atom. The Balaban J connectivity index is 1.99. The number of ether oxygens (including phenoxy) is 1. The second kappa shape index (κ2) is 11.7. The predicted molar refractivity (Wildman–Crippen MR) is 130 cm³/mol. The van der Waals surface area contributed by atoms with Crippen LogP contribution in [-0.2, 0) is 9.59 Å². The molecule has 1 aliphatic rings. The highest BCUT2D eigenvalue weighted by atomic mass is 16.5. The third-order valence-corrected chi connectivity index (χ3v) is 6.10. The Morgan fingerprint density at radius 3 is 2.27 bits per heavy atom. The van der Waals surface area contributed by atoms with Gasteiger partial charge in [-0.2, -0.15) is 0 Å². The van der Waals surface area contributed by atoms with E-state index in [2.05, 4.69) is 25.7 Å². The van der Waals surface area contributed by atoms with E-state index in [4.69, 9.17) is 4.74 Å². The molecule has 1 amide bonds. The second-order valence-corrected chi connectivity index (χ2v) is 8.16. The molecule has 0 aromatic heterocycles. The molecule has 0 aliphatic carbocycles. The van der Waals surface area contributed by atoms with Crippen LogP contribution >= 0.6 is 0 Å². The lowest BCUT2D eigenvalue weighted by atomic mass is 9.95. The lowest BCUT2D eigenvalue weighted by Crippen LogP contribution is -2.38. The fourth-order valence-corrected chi connectivity index (χ4v) is 4.08. The molecule has 33 heavy (non-hydrogen) atoms. The number of aliphatic hydroxyl groups excluding tert-OH is 1. The maximum absolute atomic E-state index is 13.1. The average molecular weight is 451 g/mol. The van der Waals surface area contributed by atoms with Gasteiger partial charge < -0.3 is 19.6 Å². The van der Waals surface area contributed by atoms with Crippen LogP contribution in [0.2, 0.25) is 0 Å². The van der Waals surface area contributed by atoms with Gasteiger partial charge in [-0.1, -0.05) is 69.7 Å². The minimum absolute atomic E-state index is 0.130. The van der Waals surface area contributed by atoms with E-state index in [0.717, 1.165) is 37.2 Å². The van der Waals surface area contributed by atoms with Crippen LogP contribution in [0.25, 0.3) is 5.76 Å². The molecule has 1 saturated heterocycles. The third-order valence-electron chi connectivity index (χ3n) is 6.10. The van der Waals surface area contributed by atoms with Crippen molar-refractivity contribution in [3.8, 4) is 5.75 Å². The van der Waals surface area contributed by atoms with Gasteiger partial charge >= 0.3 is 0 Å². The summed E-state index contributed by atoms with van der Waals surface area (Å²) in [6.45, 7) is 9.67. The number of Topliss-reactive ketones (excluding diaryl/α,β-unsaturated/α-hetero) is 1. The van der Waals surface area contributed by atoms with E-state index in [-0.39, 0.29) is 11.3 Å². The summed E-state index contributed by atoms with van der Waals surface area (Å²) in [4.78, 5) is 29.9. The van der Waals surface area contributed by atoms with E-state index >= 15 is 0 Å². The lowest BCUT2D eigenvalue weighted by molar-refractivity contribution is -0.140. The molecule has 1 N–H and O–H groups in total. The van der Waals surface area contributed by atoms with Crippen LogP contribution in [-0.4, -0.2) is 59.4 Å². The first-order valence-corrected chi connectivity index (χ1v) is 11.8. The summed E-state index contributed by atoms with van der Waals surface area (Å²) >= 11 is 0. The van der Waals surface area contributed by atoms with Gasteiger partial charge in [-0.3, -0.25) is 9.59 Å². The lowest BCUT2D eigenvalue weighted by Gasteiger charge is -2.28. The first-order chi connectivity index (χ1) is 16.0. The smallest absolute Gasteiger partial charge is 0.295 e. The second-order valence-electron chi connectivity index (χ2n) is 8.16. The summed E-state index contributed by atoms with van der Waals surface area (Å²) in [5.41, 5.74) is 1.42. The number of nitrogens with zero attached hydrogens (tertiary/aromatic N) is 2. The number of unbranched alkanes of at least 4 members (excludes halogenated alkanes) is 1. The highest BCUT2D eigenvalue weighted by Gasteiger charge is 2.45. The van der Waals surface area contributed by atoms with Gasteiger partial charge in [0, 0.05) is 18.7 Å². The van der Waals surface area contributed by atoms with Crippen LogP contribution in [0.15, 0.2) is 60.2 Å². The number of carbonyl (C=O) groups excluding carboxylic acids is 2. The van der Waals surface area contributed by atoms with Gasteiger partial charge in [-0.25, -0.2) is 0 Å². The van der Waals surface area contributed by atoms with Gasteiger partial charge in [0.25, 0.3) is 11.7 Å². The molecule has 2 aromatic carbocycles. The summed E-state index contributed by atoms with van der Waals surface area (Å²) in [6, 6.07) is 15.7. The molecule has 0 saturated carbocycles. The van der Waals surface area contributed by atoms with Gasteiger partial charge in [0.1, 0.15) is 11.5 Å². The number of amides is 1. The molecule has 2 aromatic rings. The summed E-state index contributed by atoms with van der Waals surface area (Å²) in [7, 11) is 0. The van der Waals surface area contributed by atoms with Gasteiger partial charge in [-0.15, -0.1) is 0 Å².